The summed E-state index contributed by atoms with van der Waals surface area (Å²) in [6.07, 6.45) is 1.68. The Labute approximate surface area is 116 Å². The maximum atomic E-state index is 11.7. The second kappa shape index (κ2) is 7.95. The Morgan fingerprint density at radius 2 is 2.16 bits per heavy atom. The highest BCUT2D eigenvalue weighted by molar-refractivity contribution is 5.76. The number of nitrogens with one attached hydrogen (secondary N) is 1. The van der Waals surface area contributed by atoms with E-state index in [9.17, 15) is 9.90 Å². The van der Waals surface area contributed by atoms with Gasteiger partial charge in [0.25, 0.3) is 0 Å². The number of aliphatic hydroxyl groups excluding tert-OH is 1. The van der Waals surface area contributed by atoms with E-state index in [1.54, 1.807) is 0 Å². The molecule has 0 fully saturated rings. The first-order chi connectivity index (χ1) is 9.02. The Balaban J connectivity index is 2.28. The summed E-state index contributed by atoms with van der Waals surface area (Å²) in [5, 5.41) is 12.6. The molecule has 19 heavy (non-hydrogen) atoms. The molecular weight excluding hydrogens is 238 g/mol. The van der Waals surface area contributed by atoms with E-state index < -0.39 is 6.10 Å². The van der Waals surface area contributed by atoms with Gasteiger partial charge < -0.3 is 10.4 Å². The lowest BCUT2D eigenvalue weighted by molar-refractivity contribution is -0.121. The third kappa shape index (κ3) is 5.88. The third-order valence-corrected chi connectivity index (χ3v) is 3.53. The maximum Gasteiger partial charge on any atom is 0.220 e. The van der Waals surface area contributed by atoms with Crippen LogP contribution < -0.4 is 5.32 Å². The maximum absolute atomic E-state index is 11.7. The van der Waals surface area contributed by atoms with E-state index in [1.807, 2.05) is 39.0 Å². The van der Waals surface area contributed by atoms with Crippen molar-refractivity contribution in [3.05, 3.63) is 35.4 Å². The minimum Gasteiger partial charge on any atom is -0.391 e. The molecule has 1 aromatic rings. The van der Waals surface area contributed by atoms with Gasteiger partial charge in [0.2, 0.25) is 5.91 Å². The predicted octanol–water partition coefficient (Wildman–Crippen LogP) is 2.45. The van der Waals surface area contributed by atoms with Crippen LogP contribution in [0.25, 0.3) is 0 Å². The van der Waals surface area contributed by atoms with Crippen molar-refractivity contribution >= 4 is 5.91 Å². The predicted molar refractivity (Wildman–Crippen MR) is 78.0 cm³/mol. The fraction of sp³-hybridized carbons (Fsp3) is 0.562. The Kier molecular flexibility index (Phi) is 6.57. The number of carbonyl (C=O) groups excluding carboxylic acids is 1. The van der Waals surface area contributed by atoms with E-state index in [1.165, 1.54) is 11.1 Å². The molecule has 0 aliphatic carbocycles. The van der Waals surface area contributed by atoms with Gasteiger partial charge in [0, 0.05) is 13.0 Å². The van der Waals surface area contributed by atoms with E-state index in [4.69, 9.17) is 0 Å². The first-order valence-corrected chi connectivity index (χ1v) is 7.03. The average molecular weight is 263 g/mol. The third-order valence-electron chi connectivity index (χ3n) is 3.53. The van der Waals surface area contributed by atoms with Crippen molar-refractivity contribution in [1.82, 2.24) is 5.32 Å². The fourth-order valence-corrected chi connectivity index (χ4v) is 1.91. The molecule has 3 heteroatoms. The zero-order valence-electron chi connectivity index (χ0n) is 12.1. The molecule has 0 saturated carbocycles. The van der Waals surface area contributed by atoms with E-state index in [-0.39, 0.29) is 11.8 Å². The molecule has 0 aliphatic heterocycles. The molecule has 2 unspecified atom stereocenters. The molecule has 2 atom stereocenters. The van der Waals surface area contributed by atoms with Crippen LogP contribution in [0.4, 0.5) is 0 Å². The number of amides is 1. The molecule has 0 heterocycles. The molecule has 106 valence electrons. The fourth-order valence-electron chi connectivity index (χ4n) is 1.91. The summed E-state index contributed by atoms with van der Waals surface area (Å²) < 4.78 is 0. The molecule has 1 aromatic carbocycles. The highest BCUT2D eigenvalue weighted by atomic mass is 16.3. The number of aryl methyl sites for hydroxylation is 2. The summed E-state index contributed by atoms with van der Waals surface area (Å²) in [5.41, 5.74) is 2.39. The monoisotopic (exact) mass is 263 g/mol. The second-order valence-electron chi connectivity index (χ2n) is 5.25. The number of rotatable bonds is 7. The number of hydrogen-bond acceptors (Lipinski definition) is 2. The van der Waals surface area contributed by atoms with Crippen LogP contribution in [0.3, 0.4) is 0 Å². The van der Waals surface area contributed by atoms with Crippen molar-refractivity contribution in [1.29, 1.82) is 0 Å². The molecule has 0 aromatic heterocycles. The normalized spacial score (nSPS) is 13.9. The largest absolute Gasteiger partial charge is 0.391 e. The lowest BCUT2D eigenvalue weighted by Crippen LogP contribution is -2.35. The van der Waals surface area contributed by atoms with Gasteiger partial charge >= 0.3 is 0 Å². The van der Waals surface area contributed by atoms with Crippen LogP contribution in [-0.2, 0) is 11.2 Å². The van der Waals surface area contributed by atoms with Crippen LogP contribution in [0.5, 0.6) is 0 Å². The van der Waals surface area contributed by atoms with Crippen LogP contribution in [0.15, 0.2) is 24.3 Å². The van der Waals surface area contributed by atoms with Gasteiger partial charge in [-0.25, -0.2) is 0 Å². The molecule has 0 radical (unpaired) electrons. The zero-order chi connectivity index (χ0) is 14.3. The van der Waals surface area contributed by atoms with Gasteiger partial charge in [0.05, 0.1) is 6.10 Å². The van der Waals surface area contributed by atoms with Crippen molar-refractivity contribution in [2.75, 3.05) is 6.54 Å². The smallest absolute Gasteiger partial charge is 0.220 e. The Hall–Kier alpha value is -1.35. The number of carbonyl (C=O) groups is 1. The average Bonchev–Trinajstić information content (AvgIpc) is 2.41. The summed E-state index contributed by atoms with van der Waals surface area (Å²) in [6, 6.07) is 8.19. The van der Waals surface area contributed by atoms with Crippen LogP contribution >= 0.6 is 0 Å². The molecule has 0 spiro atoms. The van der Waals surface area contributed by atoms with E-state index >= 15 is 0 Å². The summed E-state index contributed by atoms with van der Waals surface area (Å²) in [6.45, 7) is 6.42. The quantitative estimate of drug-likeness (QED) is 0.794. The minimum atomic E-state index is -0.451. The Bertz CT molecular complexity index is 403. The second-order valence-corrected chi connectivity index (χ2v) is 5.25. The summed E-state index contributed by atoms with van der Waals surface area (Å²) in [4.78, 5) is 11.7. The van der Waals surface area contributed by atoms with Crippen LogP contribution in [0, 0.1) is 12.8 Å². The Morgan fingerprint density at radius 3 is 2.79 bits per heavy atom. The SMILES string of the molecule is CCC(C)C(O)CNC(=O)CCc1cccc(C)c1. The standard InChI is InChI=1S/C16H25NO2/c1-4-13(3)15(18)11-17-16(19)9-8-14-7-5-6-12(2)10-14/h5-7,10,13,15,18H,4,8-9,11H2,1-3H3,(H,17,19). The number of hydrogen-bond donors (Lipinski definition) is 2. The van der Waals surface area contributed by atoms with Crippen molar-refractivity contribution in [2.45, 2.75) is 46.1 Å². The first-order valence-electron chi connectivity index (χ1n) is 7.03. The van der Waals surface area contributed by atoms with Crippen molar-refractivity contribution in [3.63, 3.8) is 0 Å². The molecule has 3 nitrogen and oxygen atoms in total. The summed E-state index contributed by atoms with van der Waals surface area (Å²) in [5.74, 6) is 0.223. The molecule has 2 N–H and O–H groups in total. The number of aliphatic hydroxyl groups is 1. The van der Waals surface area contributed by atoms with Gasteiger partial charge in [0.1, 0.15) is 0 Å². The van der Waals surface area contributed by atoms with E-state index in [2.05, 4.69) is 11.4 Å². The Morgan fingerprint density at radius 1 is 1.42 bits per heavy atom. The van der Waals surface area contributed by atoms with Crippen LogP contribution in [0.1, 0.15) is 37.8 Å². The van der Waals surface area contributed by atoms with Gasteiger partial charge in [-0.15, -0.1) is 0 Å². The molecule has 0 bridgehead atoms. The minimum absolute atomic E-state index is 0.00357. The highest BCUT2D eigenvalue weighted by Gasteiger charge is 2.13. The topological polar surface area (TPSA) is 49.3 Å². The van der Waals surface area contributed by atoms with Crippen molar-refractivity contribution < 1.29 is 9.90 Å². The first kappa shape index (κ1) is 15.7. The zero-order valence-corrected chi connectivity index (χ0v) is 12.1. The van der Waals surface area contributed by atoms with Gasteiger partial charge in [-0.2, -0.15) is 0 Å². The molecule has 1 amide bonds. The van der Waals surface area contributed by atoms with E-state index in [0.717, 1.165) is 12.8 Å². The van der Waals surface area contributed by atoms with Gasteiger partial charge in [-0.3, -0.25) is 4.79 Å². The van der Waals surface area contributed by atoms with Gasteiger partial charge in [-0.1, -0.05) is 50.1 Å². The van der Waals surface area contributed by atoms with Crippen molar-refractivity contribution in [2.24, 2.45) is 5.92 Å². The summed E-state index contributed by atoms with van der Waals surface area (Å²) >= 11 is 0. The van der Waals surface area contributed by atoms with E-state index in [0.29, 0.717) is 13.0 Å². The van der Waals surface area contributed by atoms with Gasteiger partial charge in [-0.05, 0) is 24.8 Å². The highest BCUT2D eigenvalue weighted by Crippen LogP contribution is 2.08. The van der Waals surface area contributed by atoms with Crippen LogP contribution in [0.2, 0.25) is 0 Å². The van der Waals surface area contributed by atoms with Crippen molar-refractivity contribution in [3.8, 4) is 0 Å². The molecule has 0 aliphatic rings. The van der Waals surface area contributed by atoms with Gasteiger partial charge in [0.15, 0.2) is 0 Å². The van der Waals surface area contributed by atoms with Crippen LogP contribution in [-0.4, -0.2) is 23.7 Å². The molecule has 0 saturated heterocycles. The summed E-state index contributed by atoms with van der Waals surface area (Å²) in [7, 11) is 0. The molecule has 1 rings (SSSR count). The molecular formula is C16H25NO2. The number of benzene rings is 1. The lowest BCUT2D eigenvalue weighted by Gasteiger charge is -2.17. The lowest BCUT2D eigenvalue weighted by atomic mass is 10.0.